The number of pyridine rings is 1. The number of nitrogens with zero attached hydrogens (tertiary/aromatic N) is 1. The van der Waals surface area contributed by atoms with Gasteiger partial charge in [-0.05, 0) is 50.1 Å². The lowest BCUT2D eigenvalue weighted by Crippen LogP contribution is -2.15. The van der Waals surface area contributed by atoms with Gasteiger partial charge in [0.2, 0.25) is 5.78 Å². The Labute approximate surface area is 158 Å². The molecule has 0 amide bonds. The molecule has 27 heavy (non-hydrogen) atoms. The van der Waals surface area contributed by atoms with Crippen LogP contribution in [0.5, 0.6) is 0 Å². The second-order valence-corrected chi connectivity index (χ2v) is 6.57. The van der Waals surface area contributed by atoms with Gasteiger partial charge in [0.1, 0.15) is 0 Å². The average molecular weight is 359 g/mol. The third-order valence-corrected chi connectivity index (χ3v) is 4.31. The van der Waals surface area contributed by atoms with Crippen LogP contribution in [-0.2, 0) is 9.53 Å². The molecule has 0 fully saturated rings. The minimum atomic E-state index is -0.569. The van der Waals surface area contributed by atoms with Gasteiger partial charge in [0.25, 0.3) is 0 Å². The summed E-state index contributed by atoms with van der Waals surface area (Å²) in [6.07, 6.45) is 2.88. The van der Waals surface area contributed by atoms with Gasteiger partial charge >= 0.3 is 5.97 Å². The number of Topliss-reactive ketones (excluding diaryl/α,β-unsaturated/α-hetero) is 1. The second kappa shape index (κ2) is 7.96. The number of esters is 1. The van der Waals surface area contributed by atoms with Crippen molar-refractivity contribution >= 4 is 28.7 Å². The molecular weight excluding hydrogens is 338 g/mol. The highest BCUT2D eigenvalue weighted by molar-refractivity contribution is 6.01. The molecule has 3 rings (SSSR count). The zero-order valence-electron chi connectivity index (χ0n) is 15.7. The van der Waals surface area contributed by atoms with Crippen molar-refractivity contribution < 1.29 is 14.3 Å². The summed E-state index contributed by atoms with van der Waals surface area (Å²) in [5.74, 6) is -0.767. The van der Waals surface area contributed by atoms with Crippen molar-refractivity contribution in [2.75, 3.05) is 6.61 Å². The number of ketones is 1. The zero-order valence-corrected chi connectivity index (χ0v) is 15.7. The van der Waals surface area contributed by atoms with Gasteiger partial charge in [-0.2, -0.15) is 0 Å². The first kappa shape index (κ1) is 18.5. The molecule has 0 aliphatic heterocycles. The fourth-order valence-corrected chi connectivity index (χ4v) is 3.20. The molecule has 0 atom stereocenters. The Bertz CT molecular complexity index is 1030. The van der Waals surface area contributed by atoms with Crippen LogP contribution in [0.3, 0.4) is 0 Å². The van der Waals surface area contributed by atoms with Gasteiger partial charge in [-0.15, -0.1) is 0 Å². The lowest BCUT2D eigenvalue weighted by atomic mass is 9.97. The smallest absolute Gasteiger partial charge is 0.331 e. The molecule has 1 heterocycles. The molecule has 1 aromatic heterocycles. The monoisotopic (exact) mass is 359 g/mol. The summed E-state index contributed by atoms with van der Waals surface area (Å²) in [6, 6.07) is 15.4. The highest BCUT2D eigenvalue weighted by Gasteiger charge is 2.14. The number of hydrogen-bond donors (Lipinski definition) is 0. The normalized spacial score (nSPS) is 11.1. The third-order valence-electron chi connectivity index (χ3n) is 4.31. The maximum absolute atomic E-state index is 12.4. The first-order chi connectivity index (χ1) is 12.9. The van der Waals surface area contributed by atoms with Gasteiger partial charge in [-0.25, -0.2) is 9.78 Å². The van der Waals surface area contributed by atoms with Gasteiger partial charge in [0, 0.05) is 17.0 Å². The number of hydrogen-bond acceptors (Lipinski definition) is 4. The van der Waals surface area contributed by atoms with E-state index in [1.807, 2.05) is 69.3 Å². The van der Waals surface area contributed by atoms with E-state index < -0.39 is 5.97 Å². The number of carbonyl (C=O) groups is 2. The van der Waals surface area contributed by atoms with Gasteiger partial charge in [-0.3, -0.25) is 4.79 Å². The van der Waals surface area contributed by atoms with Gasteiger partial charge < -0.3 is 4.74 Å². The van der Waals surface area contributed by atoms with Gasteiger partial charge in [0.05, 0.1) is 11.2 Å². The number of aromatic nitrogens is 1. The van der Waals surface area contributed by atoms with Crippen molar-refractivity contribution in [1.29, 1.82) is 0 Å². The molecule has 136 valence electrons. The molecule has 0 saturated heterocycles. The predicted molar refractivity (Wildman–Crippen MR) is 107 cm³/mol. The number of para-hydroxylation sites is 1. The van der Waals surface area contributed by atoms with Crippen molar-refractivity contribution in [1.82, 2.24) is 4.98 Å². The van der Waals surface area contributed by atoms with E-state index >= 15 is 0 Å². The molecule has 0 bridgehead atoms. The van der Waals surface area contributed by atoms with Crippen LogP contribution in [0, 0.1) is 20.8 Å². The van der Waals surface area contributed by atoms with E-state index in [-0.39, 0.29) is 12.4 Å². The van der Waals surface area contributed by atoms with Gasteiger partial charge in [0.15, 0.2) is 6.61 Å². The van der Waals surface area contributed by atoms with E-state index in [9.17, 15) is 9.59 Å². The molecule has 3 aromatic rings. The van der Waals surface area contributed by atoms with Gasteiger partial charge in [-0.1, -0.05) is 42.0 Å². The first-order valence-electron chi connectivity index (χ1n) is 8.76. The van der Waals surface area contributed by atoms with Crippen LogP contribution >= 0.6 is 0 Å². The number of carbonyl (C=O) groups excluding carboxylic acids is 2. The number of aryl methyl sites for hydroxylation is 3. The minimum Gasteiger partial charge on any atom is -0.454 e. The van der Waals surface area contributed by atoms with Crippen LogP contribution in [0.25, 0.3) is 17.0 Å². The standard InChI is InChI=1S/C23H21NO3/c1-15-12-16(2)23(17(3)13-15)21(25)14-27-22(26)11-10-19-9-8-18-6-4-5-7-20(18)24-19/h4-13H,14H2,1-3H3/b11-10+. The quantitative estimate of drug-likeness (QED) is 0.379. The van der Waals surface area contributed by atoms with Crippen molar-refractivity contribution in [3.63, 3.8) is 0 Å². The zero-order chi connectivity index (χ0) is 19.4. The average Bonchev–Trinajstić information content (AvgIpc) is 2.63. The number of fused-ring (bicyclic) bond motifs is 1. The van der Waals surface area contributed by atoms with Crippen LogP contribution in [0.1, 0.15) is 32.7 Å². The van der Waals surface area contributed by atoms with Crippen molar-refractivity contribution in [2.45, 2.75) is 20.8 Å². The maximum atomic E-state index is 12.4. The fourth-order valence-electron chi connectivity index (χ4n) is 3.20. The SMILES string of the molecule is Cc1cc(C)c(C(=O)COC(=O)/C=C/c2ccc3ccccc3n2)c(C)c1. The van der Waals surface area contributed by atoms with Crippen LogP contribution in [0.15, 0.2) is 54.6 Å². The maximum Gasteiger partial charge on any atom is 0.331 e. The minimum absolute atomic E-state index is 0.199. The lowest BCUT2D eigenvalue weighted by molar-refractivity contribution is -0.136. The summed E-state index contributed by atoms with van der Waals surface area (Å²) in [5, 5.41) is 1.03. The largest absolute Gasteiger partial charge is 0.454 e. The molecule has 4 heteroatoms. The fraction of sp³-hybridized carbons (Fsp3) is 0.174. The molecular formula is C23H21NO3. The Morgan fingerprint density at radius 1 is 1.00 bits per heavy atom. The van der Waals surface area contributed by atoms with E-state index in [0.29, 0.717) is 11.3 Å². The predicted octanol–water partition coefficient (Wildman–Crippen LogP) is 4.60. The van der Waals surface area contributed by atoms with Crippen LogP contribution in [0.2, 0.25) is 0 Å². The molecule has 0 radical (unpaired) electrons. The molecule has 0 spiro atoms. The summed E-state index contributed by atoms with van der Waals surface area (Å²) >= 11 is 0. The van der Waals surface area contributed by atoms with E-state index in [2.05, 4.69) is 4.98 Å². The van der Waals surface area contributed by atoms with E-state index in [0.717, 1.165) is 27.6 Å². The Kier molecular flexibility index (Phi) is 5.46. The number of benzene rings is 2. The van der Waals surface area contributed by atoms with E-state index in [4.69, 9.17) is 4.74 Å². The van der Waals surface area contributed by atoms with Crippen LogP contribution in [-0.4, -0.2) is 23.3 Å². The Morgan fingerprint density at radius 3 is 2.44 bits per heavy atom. The first-order valence-corrected chi connectivity index (χ1v) is 8.76. The summed E-state index contributed by atoms with van der Waals surface area (Å²) < 4.78 is 5.10. The van der Waals surface area contributed by atoms with E-state index in [1.165, 1.54) is 6.08 Å². The van der Waals surface area contributed by atoms with Crippen molar-refractivity contribution in [2.24, 2.45) is 0 Å². The molecule has 0 aliphatic carbocycles. The molecule has 0 aliphatic rings. The Morgan fingerprint density at radius 2 is 1.70 bits per heavy atom. The van der Waals surface area contributed by atoms with Crippen LogP contribution < -0.4 is 0 Å². The lowest BCUT2D eigenvalue weighted by Gasteiger charge is -2.10. The summed E-state index contributed by atoms with van der Waals surface area (Å²) in [7, 11) is 0. The van der Waals surface area contributed by atoms with Crippen molar-refractivity contribution in [3.8, 4) is 0 Å². The highest BCUT2D eigenvalue weighted by atomic mass is 16.5. The highest BCUT2D eigenvalue weighted by Crippen LogP contribution is 2.17. The molecule has 4 nitrogen and oxygen atoms in total. The third kappa shape index (κ3) is 4.47. The van der Waals surface area contributed by atoms with E-state index in [1.54, 1.807) is 6.08 Å². The summed E-state index contributed by atoms with van der Waals surface area (Å²) in [5.41, 5.74) is 5.02. The molecule has 0 unspecified atom stereocenters. The number of rotatable bonds is 5. The van der Waals surface area contributed by atoms with Crippen LogP contribution in [0.4, 0.5) is 0 Å². The molecule has 0 N–H and O–H groups in total. The Hall–Kier alpha value is -3.27. The number of ether oxygens (including phenoxy) is 1. The topological polar surface area (TPSA) is 56.3 Å². The summed E-state index contributed by atoms with van der Waals surface area (Å²) in [4.78, 5) is 28.8. The summed E-state index contributed by atoms with van der Waals surface area (Å²) in [6.45, 7) is 5.49. The second-order valence-electron chi connectivity index (χ2n) is 6.57. The molecule has 2 aromatic carbocycles. The Balaban J connectivity index is 1.63. The molecule has 0 saturated carbocycles. The van der Waals surface area contributed by atoms with Crippen molar-refractivity contribution in [3.05, 3.63) is 82.6 Å².